The normalized spacial score (nSPS) is 28.7. The smallest absolute Gasteiger partial charge is 0.310 e. The Morgan fingerprint density at radius 3 is 1.43 bits per heavy atom. The molecule has 2 aliphatic rings. The van der Waals surface area contributed by atoms with Gasteiger partial charge in [0.25, 0.3) is 0 Å². The number of aliphatic carboxylic acids is 2. The molecule has 170 valence electrons. The Labute approximate surface area is 180 Å². The molecule has 0 bridgehead atoms. The van der Waals surface area contributed by atoms with Crippen LogP contribution in [0.25, 0.3) is 0 Å². The van der Waals surface area contributed by atoms with Crippen LogP contribution >= 0.6 is 0 Å². The fraction of sp³-hybridized carbons (Fsp3) is 0.750. The molecule has 0 atom stereocenters. The summed E-state index contributed by atoms with van der Waals surface area (Å²) in [5, 5.41) is 19.7. The maximum atomic E-state index is 12.4. The van der Waals surface area contributed by atoms with Crippen LogP contribution in [0.5, 0.6) is 0 Å². The van der Waals surface area contributed by atoms with Gasteiger partial charge in [-0.3, -0.25) is 9.59 Å². The zero-order valence-electron chi connectivity index (χ0n) is 18.1. The van der Waals surface area contributed by atoms with Crippen LogP contribution in [0.1, 0.15) is 70.6 Å². The highest BCUT2D eigenvalue weighted by molar-refractivity contribution is 5.81. The van der Waals surface area contributed by atoms with E-state index in [0.29, 0.717) is 37.9 Å². The fourth-order valence-electron chi connectivity index (χ4n) is 5.49. The molecular weight excluding hydrogens is 384 g/mol. The molecule has 0 radical (unpaired) electrons. The second-order valence-corrected chi connectivity index (χ2v) is 9.34. The summed E-state index contributed by atoms with van der Waals surface area (Å²) in [4.78, 5) is 24.0. The summed E-state index contributed by atoms with van der Waals surface area (Å²) in [6.07, 6.45) is 11.3. The first-order chi connectivity index (χ1) is 14.4. The highest BCUT2D eigenvalue weighted by Gasteiger charge is 2.45. The fourth-order valence-corrected chi connectivity index (χ4v) is 5.49. The number of ether oxygens (including phenoxy) is 2. The van der Waals surface area contributed by atoms with Crippen LogP contribution in [0.2, 0.25) is 0 Å². The third-order valence-corrected chi connectivity index (χ3v) is 7.13. The molecule has 2 saturated carbocycles. The van der Waals surface area contributed by atoms with Crippen molar-refractivity contribution in [1.82, 2.24) is 0 Å². The van der Waals surface area contributed by atoms with Crippen LogP contribution in [-0.4, -0.2) is 35.4 Å². The zero-order valence-corrected chi connectivity index (χ0v) is 18.1. The molecular formula is C24H38O6. The molecule has 0 amide bonds. The predicted octanol–water partition coefficient (Wildman–Crippen LogP) is 5.25. The van der Waals surface area contributed by atoms with Crippen LogP contribution in [0.15, 0.2) is 25.7 Å². The molecule has 0 aliphatic heterocycles. The van der Waals surface area contributed by atoms with Gasteiger partial charge in [-0.05, 0) is 62.2 Å². The van der Waals surface area contributed by atoms with Gasteiger partial charge in [-0.15, -0.1) is 0 Å². The van der Waals surface area contributed by atoms with Gasteiger partial charge in [0.05, 0.1) is 37.6 Å². The molecule has 30 heavy (non-hydrogen) atoms. The lowest BCUT2D eigenvalue weighted by Gasteiger charge is -2.39. The standard InChI is InChI=1S/C24H38O6/c1-3-29-16-20-9-5-18(6-10-20)13-24(23(27)28,15-22(25)26)14-19-7-11-21(12-8-19)17-30-4-2/h3-4,18-21H,1-2,5-17H2,(H,25,26)(H,27,28). The third kappa shape index (κ3) is 7.37. The summed E-state index contributed by atoms with van der Waals surface area (Å²) in [5.74, 6) is -0.481. The molecule has 0 aromatic heterocycles. The molecule has 2 fully saturated rings. The van der Waals surface area contributed by atoms with Crippen LogP contribution in [0.3, 0.4) is 0 Å². The predicted molar refractivity (Wildman–Crippen MR) is 115 cm³/mol. The average Bonchev–Trinajstić information content (AvgIpc) is 2.72. The second kappa shape index (κ2) is 12.0. The van der Waals surface area contributed by atoms with Gasteiger partial charge in [0.2, 0.25) is 0 Å². The highest BCUT2D eigenvalue weighted by atomic mass is 16.5. The quantitative estimate of drug-likeness (QED) is 0.394. The van der Waals surface area contributed by atoms with Gasteiger partial charge in [-0.2, -0.15) is 0 Å². The molecule has 2 rings (SSSR count). The van der Waals surface area contributed by atoms with Crippen molar-refractivity contribution in [1.29, 1.82) is 0 Å². The maximum absolute atomic E-state index is 12.4. The van der Waals surface area contributed by atoms with Gasteiger partial charge in [0, 0.05) is 0 Å². The van der Waals surface area contributed by atoms with Crippen molar-refractivity contribution >= 4 is 11.9 Å². The Hall–Kier alpha value is -1.98. The highest BCUT2D eigenvalue weighted by Crippen LogP contribution is 2.45. The second-order valence-electron chi connectivity index (χ2n) is 9.34. The van der Waals surface area contributed by atoms with E-state index in [2.05, 4.69) is 13.2 Å². The van der Waals surface area contributed by atoms with Crippen molar-refractivity contribution in [3.8, 4) is 0 Å². The number of hydrogen-bond donors (Lipinski definition) is 2. The number of hydrogen-bond acceptors (Lipinski definition) is 4. The van der Waals surface area contributed by atoms with Crippen molar-refractivity contribution < 1.29 is 29.3 Å². The first kappa shape index (κ1) is 24.3. The van der Waals surface area contributed by atoms with Gasteiger partial charge >= 0.3 is 11.9 Å². The van der Waals surface area contributed by atoms with E-state index in [9.17, 15) is 19.8 Å². The van der Waals surface area contributed by atoms with Crippen LogP contribution in [-0.2, 0) is 19.1 Å². The molecule has 0 aromatic rings. The van der Waals surface area contributed by atoms with Crippen LogP contribution in [0, 0.1) is 29.1 Å². The van der Waals surface area contributed by atoms with E-state index < -0.39 is 17.4 Å². The Balaban J connectivity index is 1.98. The molecule has 6 heteroatoms. The third-order valence-electron chi connectivity index (χ3n) is 7.13. The molecule has 0 spiro atoms. The number of rotatable bonds is 13. The minimum Gasteiger partial charge on any atom is -0.502 e. The van der Waals surface area contributed by atoms with Crippen molar-refractivity contribution in [3.63, 3.8) is 0 Å². The molecule has 0 unspecified atom stereocenters. The summed E-state index contributed by atoms with van der Waals surface area (Å²) in [5.41, 5.74) is -1.17. The van der Waals surface area contributed by atoms with Gasteiger partial charge in [0.1, 0.15) is 0 Å². The largest absolute Gasteiger partial charge is 0.502 e. The summed E-state index contributed by atoms with van der Waals surface area (Å²) in [6, 6.07) is 0. The zero-order chi connectivity index (χ0) is 22.0. The average molecular weight is 423 g/mol. The Morgan fingerprint density at radius 2 is 1.13 bits per heavy atom. The van der Waals surface area contributed by atoms with Gasteiger partial charge in [0.15, 0.2) is 0 Å². The van der Waals surface area contributed by atoms with Crippen molar-refractivity contribution in [2.75, 3.05) is 13.2 Å². The van der Waals surface area contributed by atoms with Gasteiger partial charge in [-0.25, -0.2) is 0 Å². The lowest BCUT2D eigenvalue weighted by molar-refractivity contribution is -0.159. The van der Waals surface area contributed by atoms with Crippen LogP contribution < -0.4 is 0 Å². The van der Waals surface area contributed by atoms with Gasteiger partial charge < -0.3 is 19.7 Å². The van der Waals surface area contributed by atoms with E-state index >= 15 is 0 Å². The molecule has 0 aromatic carbocycles. The van der Waals surface area contributed by atoms with Gasteiger partial charge in [-0.1, -0.05) is 38.8 Å². The summed E-state index contributed by atoms with van der Waals surface area (Å²) < 4.78 is 10.6. The van der Waals surface area contributed by atoms with E-state index in [4.69, 9.17) is 9.47 Å². The number of carbonyl (C=O) groups is 2. The first-order valence-electron chi connectivity index (χ1n) is 11.3. The lowest BCUT2D eigenvalue weighted by Crippen LogP contribution is -2.39. The Bertz CT molecular complexity index is 536. The Morgan fingerprint density at radius 1 is 0.767 bits per heavy atom. The van der Waals surface area contributed by atoms with Crippen molar-refractivity contribution in [3.05, 3.63) is 25.7 Å². The number of carboxylic acid groups (broad SMARTS) is 2. The molecule has 2 N–H and O–H groups in total. The van der Waals surface area contributed by atoms with Crippen LogP contribution in [0.4, 0.5) is 0 Å². The minimum atomic E-state index is -1.17. The summed E-state index contributed by atoms with van der Waals surface area (Å²) in [7, 11) is 0. The number of carboxylic acids is 2. The molecule has 2 aliphatic carbocycles. The molecule has 6 nitrogen and oxygen atoms in total. The monoisotopic (exact) mass is 422 g/mol. The lowest BCUT2D eigenvalue weighted by atomic mass is 9.65. The molecule has 0 heterocycles. The topological polar surface area (TPSA) is 93.1 Å². The first-order valence-corrected chi connectivity index (χ1v) is 11.3. The van der Waals surface area contributed by atoms with E-state index in [1.807, 2.05) is 0 Å². The summed E-state index contributed by atoms with van der Waals surface area (Å²) >= 11 is 0. The van der Waals surface area contributed by atoms with E-state index in [1.165, 1.54) is 12.5 Å². The van der Waals surface area contributed by atoms with E-state index in [-0.39, 0.29) is 18.3 Å². The SMILES string of the molecule is C=COCC1CCC(CC(CC(=O)O)(CC2CCC(COC=C)CC2)C(=O)O)CC1. The summed E-state index contributed by atoms with van der Waals surface area (Å²) in [6.45, 7) is 8.47. The van der Waals surface area contributed by atoms with Crippen molar-refractivity contribution in [2.45, 2.75) is 70.6 Å². The molecule has 0 saturated heterocycles. The maximum Gasteiger partial charge on any atom is 0.310 e. The van der Waals surface area contributed by atoms with Crippen molar-refractivity contribution in [2.24, 2.45) is 29.1 Å². The Kier molecular flexibility index (Phi) is 9.73. The van der Waals surface area contributed by atoms with E-state index in [1.54, 1.807) is 0 Å². The minimum absolute atomic E-state index is 0.262. The van der Waals surface area contributed by atoms with E-state index in [0.717, 1.165) is 51.4 Å².